The molecule has 1 aromatic rings. The van der Waals surface area contributed by atoms with Crippen LogP contribution in [0.15, 0.2) is 18.2 Å². The van der Waals surface area contributed by atoms with Crippen molar-refractivity contribution in [2.45, 2.75) is 58.0 Å². The van der Waals surface area contributed by atoms with Gasteiger partial charge in [-0.1, -0.05) is 32.3 Å². The summed E-state index contributed by atoms with van der Waals surface area (Å²) in [5.74, 6) is 0.106. The van der Waals surface area contributed by atoms with Crippen LogP contribution in [-0.2, 0) is 13.0 Å². The zero-order valence-corrected chi connectivity index (χ0v) is 13.7. The summed E-state index contributed by atoms with van der Waals surface area (Å²) in [6.07, 6.45) is 2.75. The second-order valence-corrected chi connectivity index (χ2v) is 5.76. The van der Waals surface area contributed by atoms with Gasteiger partial charge in [0.25, 0.3) is 0 Å². The van der Waals surface area contributed by atoms with E-state index in [1.807, 2.05) is 6.07 Å². The summed E-state index contributed by atoms with van der Waals surface area (Å²) in [5.41, 5.74) is 1.79. The number of nitrogens with zero attached hydrogens (tertiary/aromatic N) is 1. The smallest absolute Gasteiger partial charge is 0.133 e. The first-order valence-electron chi connectivity index (χ1n) is 8.17. The van der Waals surface area contributed by atoms with Gasteiger partial charge in [-0.2, -0.15) is 0 Å². The lowest BCUT2D eigenvalue weighted by atomic mass is 10.00. The number of aliphatic hydroxyl groups is 4. The normalized spacial score (nSPS) is 14.2. The third-order valence-electron chi connectivity index (χ3n) is 3.93. The van der Waals surface area contributed by atoms with Crippen LogP contribution < -0.4 is 0 Å². The van der Waals surface area contributed by atoms with Crippen molar-refractivity contribution in [1.29, 1.82) is 0 Å². The Kier molecular flexibility index (Phi) is 9.13. The minimum atomic E-state index is -1.28. The number of hydrogen-bond acceptors (Lipinski definition) is 6. The van der Waals surface area contributed by atoms with Gasteiger partial charge >= 0.3 is 0 Å². The molecule has 0 saturated heterocycles. The minimum absolute atomic E-state index is 0.106. The second-order valence-electron chi connectivity index (χ2n) is 5.76. The van der Waals surface area contributed by atoms with Crippen LogP contribution in [0, 0.1) is 0 Å². The number of rotatable bonds is 11. The summed E-state index contributed by atoms with van der Waals surface area (Å²) >= 11 is 0. The SMILES string of the molecule is CCCCCCc1ccc(O)cc1CN(C(O)CO)C(O)CO. The molecule has 5 N–H and O–H groups in total. The molecule has 0 aliphatic rings. The van der Waals surface area contributed by atoms with Gasteiger partial charge in [0, 0.05) is 6.54 Å². The average molecular weight is 327 g/mol. The van der Waals surface area contributed by atoms with Crippen LogP contribution in [0.5, 0.6) is 5.75 Å². The number of unbranched alkanes of at least 4 members (excludes halogenated alkanes) is 3. The average Bonchev–Trinajstić information content (AvgIpc) is 2.56. The fraction of sp³-hybridized carbons (Fsp3) is 0.647. The molecule has 2 atom stereocenters. The van der Waals surface area contributed by atoms with E-state index in [9.17, 15) is 15.3 Å². The predicted molar refractivity (Wildman–Crippen MR) is 87.7 cm³/mol. The zero-order chi connectivity index (χ0) is 17.2. The summed E-state index contributed by atoms with van der Waals surface area (Å²) in [6, 6.07) is 5.05. The molecule has 0 spiro atoms. The van der Waals surface area contributed by atoms with E-state index in [0.717, 1.165) is 36.8 Å². The summed E-state index contributed by atoms with van der Waals surface area (Å²) < 4.78 is 0. The molecule has 0 heterocycles. The Morgan fingerprint density at radius 1 is 0.957 bits per heavy atom. The molecule has 0 amide bonds. The van der Waals surface area contributed by atoms with Crippen molar-refractivity contribution in [3.05, 3.63) is 29.3 Å². The third kappa shape index (κ3) is 6.45. The van der Waals surface area contributed by atoms with Crippen molar-refractivity contribution >= 4 is 0 Å². The number of phenolic OH excluding ortho intramolecular Hbond substituents is 1. The molecule has 1 rings (SSSR count). The summed E-state index contributed by atoms with van der Waals surface area (Å²) in [4.78, 5) is 1.20. The van der Waals surface area contributed by atoms with E-state index in [4.69, 9.17) is 10.2 Å². The maximum atomic E-state index is 9.83. The standard InChI is InChI=1S/C17H29NO5/c1-2-3-4-5-6-13-7-8-15(21)9-14(13)10-18(16(22)11-19)17(23)12-20/h7-9,16-17,19-23H,2-6,10-12H2,1H3. The Labute approximate surface area is 137 Å². The first-order valence-corrected chi connectivity index (χ1v) is 8.17. The van der Waals surface area contributed by atoms with Crippen molar-refractivity contribution in [1.82, 2.24) is 4.90 Å². The van der Waals surface area contributed by atoms with Crippen molar-refractivity contribution in [3.8, 4) is 5.75 Å². The number of aliphatic hydroxyl groups excluding tert-OH is 4. The third-order valence-corrected chi connectivity index (χ3v) is 3.93. The largest absolute Gasteiger partial charge is 0.508 e. The van der Waals surface area contributed by atoms with Crippen LogP contribution in [0.3, 0.4) is 0 Å². The van der Waals surface area contributed by atoms with Crippen molar-refractivity contribution in [3.63, 3.8) is 0 Å². The first kappa shape index (κ1) is 19.9. The van der Waals surface area contributed by atoms with Crippen LogP contribution >= 0.6 is 0 Å². The highest BCUT2D eigenvalue weighted by Gasteiger charge is 2.23. The van der Waals surface area contributed by atoms with Crippen molar-refractivity contribution in [2.24, 2.45) is 0 Å². The van der Waals surface area contributed by atoms with Crippen LogP contribution in [0.25, 0.3) is 0 Å². The molecular formula is C17H29NO5. The van der Waals surface area contributed by atoms with Gasteiger partial charge in [0.1, 0.15) is 18.2 Å². The molecule has 0 bridgehead atoms. The Bertz CT molecular complexity index is 445. The highest BCUT2D eigenvalue weighted by atomic mass is 16.4. The fourth-order valence-electron chi connectivity index (χ4n) is 2.56. The second kappa shape index (κ2) is 10.6. The quantitative estimate of drug-likeness (QED) is 0.306. The number of aromatic hydroxyl groups is 1. The monoisotopic (exact) mass is 327 g/mol. The molecule has 1 aromatic carbocycles. The highest BCUT2D eigenvalue weighted by Crippen LogP contribution is 2.22. The van der Waals surface area contributed by atoms with Gasteiger partial charge in [-0.3, -0.25) is 0 Å². The lowest BCUT2D eigenvalue weighted by Crippen LogP contribution is -2.46. The molecular weight excluding hydrogens is 298 g/mol. The predicted octanol–water partition coefficient (Wildman–Crippen LogP) is 0.938. The van der Waals surface area contributed by atoms with Gasteiger partial charge in [0.2, 0.25) is 0 Å². The van der Waals surface area contributed by atoms with Crippen LogP contribution in [0.1, 0.15) is 43.7 Å². The van der Waals surface area contributed by atoms with E-state index in [-0.39, 0.29) is 12.3 Å². The number of benzene rings is 1. The Morgan fingerprint density at radius 2 is 1.61 bits per heavy atom. The van der Waals surface area contributed by atoms with Crippen molar-refractivity contribution in [2.75, 3.05) is 13.2 Å². The maximum Gasteiger partial charge on any atom is 0.133 e. The molecule has 6 heteroatoms. The van der Waals surface area contributed by atoms with Gasteiger partial charge < -0.3 is 25.5 Å². The van der Waals surface area contributed by atoms with Gasteiger partial charge in [0.15, 0.2) is 0 Å². The molecule has 0 aliphatic carbocycles. The van der Waals surface area contributed by atoms with Crippen LogP contribution in [0.2, 0.25) is 0 Å². The lowest BCUT2D eigenvalue weighted by molar-refractivity contribution is -0.138. The molecule has 0 radical (unpaired) electrons. The topological polar surface area (TPSA) is 104 Å². The fourth-order valence-corrected chi connectivity index (χ4v) is 2.56. The zero-order valence-electron chi connectivity index (χ0n) is 13.7. The van der Waals surface area contributed by atoms with E-state index >= 15 is 0 Å². The van der Waals surface area contributed by atoms with Gasteiger partial charge in [-0.05, 0) is 36.1 Å². The Morgan fingerprint density at radius 3 is 2.17 bits per heavy atom. The highest BCUT2D eigenvalue weighted by molar-refractivity contribution is 5.35. The van der Waals surface area contributed by atoms with E-state index in [2.05, 4.69) is 6.92 Å². The molecule has 6 nitrogen and oxygen atoms in total. The number of phenols is 1. The molecule has 132 valence electrons. The lowest BCUT2D eigenvalue weighted by Gasteiger charge is -2.31. The maximum absolute atomic E-state index is 9.83. The van der Waals surface area contributed by atoms with E-state index in [1.165, 1.54) is 11.3 Å². The van der Waals surface area contributed by atoms with Crippen LogP contribution in [0.4, 0.5) is 0 Å². The molecule has 0 saturated carbocycles. The van der Waals surface area contributed by atoms with Crippen molar-refractivity contribution < 1.29 is 25.5 Å². The number of aryl methyl sites for hydroxylation is 1. The van der Waals surface area contributed by atoms with E-state index in [0.29, 0.717) is 0 Å². The molecule has 0 fully saturated rings. The molecule has 0 aliphatic heterocycles. The van der Waals surface area contributed by atoms with E-state index in [1.54, 1.807) is 12.1 Å². The molecule has 2 unspecified atom stereocenters. The Balaban J connectivity index is 2.88. The summed E-state index contributed by atoms with van der Waals surface area (Å²) in [7, 11) is 0. The van der Waals surface area contributed by atoms with E-state index < -0.39 is 25.7 Å². The van der Waals surface area contributed by atoms with Gasteiger partial charge in [0.05, 0.1) is 13.2 Å². The summed E-state index contributed by atoms with van der Waals surface area (Å²) in [5, 5.41) is 47.6. The van der Waals surface area contributed by atoms with Gasteiger partial charge in [-0.25, -0.2) is 4.90 Å². The molecule has 0 aromatic heterocycles. The van der Waals surface area contributed by atoms with Crippen LogP contribution in [-0.4, -0.2) is 56.1 Å². The minimum Gasteiger partial charge on any atom is -0.508 e. The summed E-state index contributed by atoms with van der Waals surface area (Å²) in [6.45, 7) is 1.17. The Hall–Kier alpha value is -1.18. The van der Waals surface area contributed by atoms with Gasteiger partial charge in [-0.15, -0.1) is 0 Å². The molecule has 23 heavy (non-hydrogen) atoms. The number of hydrogen-bond donors (Lipinski definition) is 5. The first-order chi connectivity index (χ1) is 11.0.